The van der Waals surface area contributed by atoms with Crippen LogP contribution in [0.5, 0.6) is 0 Å². The lowest BCUT2D eigenvalue weighted by Crippen LogP contribution is -2.46. The standard InChI is InChI=1S/C7H14N2O4S/c1-5(7(10)11)9(2)14(12,13)8-6-3-4-6/h5-6,8H,3-4H2,1-2H3,(H,10,11). The van der Waals surface area contributed by atoms with Crippen LogP contribution < -0.4 is 4.72 Å². The number of aliphatic carboxylic acids is 1. The zero-order valence-electron chi connectivity index (χ0n) is 8.10. The van der Waals surface area contributed by atoms with E-state index in [0.717, 1.165) is 17.1 Å². The van der Waals surface area contributed by atoms with Gasteiger partial charge in [0.1, 0.15) is 6.04 Å². The summed E-state index contributed by atoms with van der Waals surface area (Å²) in [6.07, 6.45) is 1.66. The molecule has 1 rings (SSSR count). The Morgan fingerprint density at radius 1 is 1.57 bits per heavy atom. The number of carbonyl (C=O) groups is 1. The number of nitrogens with one attached hydrogen (secondary N) is 1. The summed E-state index contributed by atoms with van der Waals surface area (Å²) >= 11 is 0. The molecule has 0 heterocycles. The van der Waals surface area contributed by atoms with Gasteiger partial charge in [-0.15, -0.1) is 0 Å². The largest absolute Gasteiger partial charge is 0.480 e. The van der Waals surface area contributed by atoms with Gasteiger partial charge in [0.2, 0.25) is 0 Å². The fraction of sp³-hybridized carbons (Fsp3) is 0.857. The summed E-state index contributed by atoms with van der Waals surface area (Å²) in [5.41, 5.74) is 0. The van der Waals surface area contributed by atoms with Crippen molar-refractivity contribution in [2.24, 2.45) is 0 Å². The molecular formula is C7H14N2O4S. The first-order valence-electron chi connectivity index (χ1n) is 4.32. The van der Waals surface area contributed by atoms with Gasteiger partial charge in [0.15, 0.2) is 0 Å². The molecule has 2 N–H and O–H groups in total. The SMILES string of the molecule is CC(C(=O)O)N(C)S(=O)(=O)NC1CC1. The monoisotopic (exact) mass is 222 g/mol. The molecule has 1 saturated carbocycles. The molecule has 7 heteroatoms. The summed E-state index contributed by atoms with van der Waals surface area (Å²) in [5, 5.41) is 8.63. The van der Waals surface area contributed by atoms with E-state index >= 15 is 0 Å². The fourth-order valence-electron chi connectivity index (χ4n) is 0.859. The van der Waals surface area contributed by atoms with Crippen LogP contribution in [0.25, 0.3) is 0 Å². The first-order chi connectivity index (χ1) is 6.34. The van der Waals surface area contributed by atoms with Crippen molar-refractivity contribution in [1.29, 1.82) is 0 Å². The number of rotatable bonds is 5. The predicted octanol–water partition coefficient (Wildman–Crippen LogP) is -0.612. The van der Waals surface area contributed by atoms with Crippen molar-refractivity contribution in [1.82, 2.24) is 9.03 Å². The summed E-state index contributed by atoms with van der Waals surface area (Å²) in [6.45, 7) is 1.33. The van der Waals surface area contributed by atoms with Gasteiger partial charge in [0, 0.05) is 13.1 Å². The lowest BCUT2D eigenvalue weighted by atomic mass is 10.4. The number of carboxylic acid groups (broad SMARTS) is 1. The van der Waals surface area contributed by atoms with Crippen LogP contribution in [0.1, 0.15) is 19.8 Å². The van der Waals surface area contributed by atoms with Crippen molar-refractivity contribution in [3.8, 4) is 0 Å². The molecule has 0 aromatic carbocycles. The van der Waals surface area contributed by atoms with E-state index in [1.807, 2.05) is 0 Å². The maximum absolute atomic E-state index is 11.5. The molecule has 0 aliphatic heterocycles. The van der Waals surface area contributed by atoms with Gasteiger partial charge in [-0.25, -0.2) is 0 Å². The molecule has 1 unspecified atom stereocenters. The van der Waals surface area contributed by atoms with Crippen molar-refractivity contribution in [3.63, 3.8) is 0 Å². The van der Waals surface area contributed by atoms with Crippen molar-refractivity contribution in [3.05, 3.63) is 0 Å². The highest BCUT2D eigenvalue weighted by Crippen LogP contribution is 2.20. The summed E-state index contributed by atoms with van der Waals surface area (Å²) in [7, 11) is -2.39. The van der Waals surface area contributed by atoms with E-state index in [1.54, 1.807) is 0 Å². The van der Waals surface area contributed by atoms with E-state index in [2.05, 4.69) is 4.72 Å². The molecular weight excluding hydrogens is 208 g/mol. The van der Waals surface area contributed by atoms with Crippen molar-refractivity contribution in [2.45, 2.75) is 31.8 Å². The summed E-state index contributed by atoms with van der Waals surface area (Å²) in [6, 6.07) is -1.06. The molecule has 0 aromatic rings. The Morgan fingerprint density at radius 2 is 2.07 bits per heavy atom. The van der Waals surface area contributed by atoms with Crippen LogP contribution in [0.3, 0.4) is 0 Å². The highest BCUT2D eigenvalue weighted by Gasteiger charge is 2.33. The van der Waals surface area contributed by atoms with Crippen LogP contribution in [-0.2, 0) is 15.0 Å². The number of nitrogens with zero attached hydrogens (tertiary/aromatic N) is 1. The minimum absolute atomic E-state index is 0.0107. The van der Waals surface area contributed by atoms with Crippen molar-refractivity contribution < 1.29 is 18.3 Å². The quantitative estimate of drug-likeness (QED) is 0.649. The third-order valence-electron chi connectivity index (χ3n) is 2.17. The molecule has 1 atom stereocenters. The van der Waals surface area contributed by atoms with Gasteiger partial charge in [-0.1, -0.05) is 0 Å². The molecule has 0 radical (unpaired) electrons. The summed E-state index contributed by atoms with van der Waals surface area (Å²) < 4.78 is 26.2. The smallest absolute Gasteiger partial charge is 0.321 e. The number of hydrogen-bond donors (Lipinski definition) is 2. The Labute approximate surface area is 83.1 Å². The Kier molecular flexibility index (Phi) is 3.13. The van der Waals surface area contributed by atoms with Crippen molar-refractivity contribution in [2.75, 3.05) is 7.05 Å². The highest BCUT2D eigenvalue weighted by atomic mass is 32.2. The minimum atomic E-state index is -3.64. The van der Waals surface area contributed by atoms with E-state index in [4.69, 9.17) is 5.11 Å². The third-order valence-corrected chi connectivity index (χ3v) is 3.88. The molecule has 1 aliphatic carbocycles. The van der Waals surface area contributed by atoms with Gasteiger partial charge in [-0.2, -0.15) is 17.4 Å². The zero-order chi connectivity index (χ0) is 10.9. The minimum Gasteiger partial charge on any atom is -0.480 e. The number of likely N-dealkylation sites (N-methyl/N-ethyl adjacent to an activating group) is 1. The van der Waals surface area contributed by atoms with Crippen molar-refractivity contribution >= 4 is 16.2 Å². The second-order valence-electron chi connectivity index (χ2n) is 3.43. The molecule has 0 spiro atoms. The average Bonchev–Trinajstić information content (AvgIpc) is 2.84. The molecule has 0 bridgehead atoms. The van der Waals surface area contributed by atoms with E-state index in [-0.39, 0.29) is 6.04 Å². The summed E-state index contributed by atoms with van der Waals surface area (Å²) in [4.78, 5) is 10.6. The molecule has 6 nitrogen and oxygen atoms in total. The van der Waals surface area contributed by atoms with Crippen LogP contribution in [0.2, 0.25) is 0 Å². The molecule has 1 fully saturated rings. The van der Waals surface area contributed by atoms with Gasteiger partial charge in [-0.05, 0) is 19.8 Å². The van der Waals surface area contributed by atoms with Gasteiger partial charge < -0.3 is 5.11 Å². The number of hydrogen-bond acceptors (Lipinski definition) is 3. The highest BCUT2D eigenvalue weighted by molar-refractivity contribution is 7.87. The van der Waals surface area contributed by atoms with Crippen LogP contribution in [0.15, 0.2) is 0 Å². The van der Waals surface area contributed by atoms with Gasteiger partial charge in [-0.3, -0.25) is 4.79 Å². The fourth-order valence-corrected chi connectivity index (χ4v) is 2.19. The second kappa shape index (κ2) is 3.84. The van der Waals surface area contributed by atoms with Crippen LogP contribution in [0.4, 0.5) is 0 Å². The molecule has 0 saturated heterocycles. The first-order valence-corrected chi connectivity index (χ1v) is 5.76. The Hall–Kier alpha value is -0.660. The normalized spacial score (nSPS) is 19.6. The van der Waals surface area contributed by atoms with E-state index in [1.165, 1.54) is 14.0 Å². The molecule has 82 valence electrons. The molecule has 0 amide bonds. The van der Waals surface area contributed by atoms with Gasteiger partial charge in [0.25, 0.3) is 10.2 Å². The first kappa shape index (κ1) is 11.4. The topological polar surface area (TPSA) is 86.7 Å². The van der Waals surface area contributed by atoms with Gasteiger partial charge in [0.05, 0.1) is 0 Å². The lowest BCUT2D eigenvalue weighted by Gasteiger charge is -2.20. The number of carboxylic acids is 1. The Morgan fingerprint density at radius 3 is 2.43 bits per heavy atom. The van der Waals surface area contributed by atoms with E-state index in [9.17, 15) is 13.2 Å². The second-order valence-corrected chi connectivity index (χ2v) is 5.19. The molecule has 1 aliphatic rings. The van der Waals surface area contributed by atoms with Crippen LogP contribution in [-0.4, -0.2) is 42.9 Å². The lowest BCUT2D eigenvalue weighted by molar-refractivity contribution is -0.140. The van der Waals surface area contributed by atoms with Gasteiger partial charge >= 0.3 is 5.97 Å². The molecule has 0 aromatic heterocycles. The average molecular weight is 222 g/mol. The Bertz CT molecular complexity index is 323. The van der Waals surface area contributed by atoms with Crippen LogP contribution >= 0.6 is 0 Å². The third kappa shape index (κ3) is 2.66. The Balaban J connectivity index is 2.65. The maximum atomic E-state index is 11.5. The predicted molar refractivity (Wildman–Crippen MR) is 49.9 cm³/mol. The maximum Gasteiger partial charge on any atom is 0.321 e. The summed E-state index contributed by atoms with van der Waals surface area (Å²) in [5.74, 6) is -1.16. The van der Waals surface area contributed by atoms with Crippen LogP contribution in [0, 0.1) is 0 Å². The van der Waals surface area contributed by atoms with E-state index < -0.39 is 22.2 Å². The van der Waals surface area contributed by atoms with E-state index in [0.29, 0.717) is 0 Å². The molecule has 14 heavy (non-hydrogen) atoms. The zero-order valence-corrected chi connectivity index (χ0v) is 8.91.